The molecule has 2 fully saturated rings. The third kappa shape index (κ3) is 4.32. The second-order valence-corrected chi connectivity index (χ2v) is 8.40. The molecular formula is C19H28N4O3S. The summed E-state index contributed by atoms with van der Waals surface area (Å²) in [6.07, 6.45) is 4.53. The van der Waals surface area contributed by atoms with Crippen molar-refractivity contribution in [1.29, 1.82) is 0 Å². The van der Waals surface area contributed by atoms with Crippen LogP contribution in [0.25, 0.3) is 0 Å². The zero-order valence-electron chi connectivity index (χ0n) is 16.0. The van der Waals surface area contributed by atoms with Gasteiger partial charge >= 0.3 is 6.03 Å². The van der Waals surface area contributed by atoms with E-state index in [9.17, 15) is 14.4 Å². The second kappa shape index (κ2) is 8.39. The molecule has 7 nitrogen and oxygen atoms in total. The number of rotatable bonds is 7. The summed E-state index contributed by atoms with van der Waals surface area (Å²) in [5.41, 5.74) is 0.444. The summed E-state index contributed by atoms with van der Waals surface area (Å²) in [6, 6.07) is 1.79. The van der Waals surface area contributed by atoms with E-state index in [1.807, 2.05) is 19.5 Å². The van der Waals surface area contributed by atoms with E-state index in [-0.39, 0.29) is 36.9 Å². The lowest BCUT2D eigenvalue weighted by atomic mass is 9.82. The third-order valence-electron chi connectivity index (χ3n) is 5.56. The number of nitrogens with one attached hydrogen (secondary N) is 2. The third-order valence-corrected chi connectivity index (χ3v) is 6.26. The van der Waals surface area contributed by atoms with E-state index >= 15 is 0 Å². The molecule has 1 atom stereocenters. The molecule has 1 saturated heterocycles. The van der Waals surface area contributed by atoms with E-state index in [2.05, 4.69) is 27.0 Å². The number of imide groups is 1. The van der Waals surface area contributed by atoms with Crippen LogP contribution >= 0.6 is 11.3 Å². The Morgan fingerprint density at radius 2 is 2.07 bits per heavy atom. The average molecular weight is 393 g/mol. The summed E-state index contributed by atoms with van der Waals surface area (Å²) in [5, 5.41) is 9.91. The first-order valence-corrected chi connectivity index (χ1v) is 10.5. The van der Waals surface area contributed by atoms with Crippen LogP contribution in [0.4, 0.5) is 4.79 Å². The molecule has 2 N–H and O–H groups in total. The lowest BCUT2D eigenvalue weighted by molar-refractivity contribution is -0.132. The minimum absolute atomic E-state index is 0.0995. The zero-order chi connectivity index (χ0) is 19.4. The lowest BCUT2D eigenvalue weighted by Crippen LogP contribution is -2.48. The van der Waals surface area contributed by atoms with Gasteiger partial charge in [-0.15, -0.1) is 0 Å². The molecular weight excluding hydrogens is 364 g/mol. The van der Waals surface area contributed by atoms with Crippen molar-refractivity contribution in [2.45, 2.75) is 50.1 Å². The van der Waals surface area contributed by atoms with Gasteiger partial charge in [0.2, 0.25) is 5.91 Å². The number of nitrogens with zero attached hydrogens (tertiary/aromatic N) is 2. The van der Waals surface area contributed by atoms with Crippen molar-refractivity contribution in [1.82, 2.24) is 20.4 Å². The maximum absolute atomic E-state index is 12.7. The first kappa shape index (κ1) is 19.8. The van der Waals surface area contributed by atoms with Crippen molar-refractivity contribution < 1.29 is 14.4 Å². The molecule has 1 saturated carbocycles. The standard InChI is InChI=1S/C19H28N4O3S/c1-22(2)15(14-7-11-27-13-14)12-20-16(24)6-10-23-17(25)19(21-18(23)26)8-4-3-5-9-19/h7,11,13,15H,3-6,8-10,12H2,1-2H3,(H,20,24)(H,21,26). The maximum Gasteiger partial charge on any atom is 0.325 e. The van der Waals surface area contributed by atoms with E-state index in [1.165, 1.54) is 10.5 Å². The van der Waals surface area contributed by atoms with Crippen LogP contribution in [0, 0.1) is 0 Å². The van der Waals surface area contributed by atoms with Gasteiger partial charge in [-0.3, -0.25) is 14.5 Å². The summed E-state index contributed by atoms with van der Waals surface area (Å²) >= 11 is 1.63. The van der Waals surface area contributed by atoms with Gasteiger partial charge in [0.25, 0.3) is 5.91 Å². The van der Waals surface area contributed by atoms with Gasteiger partial charge in [-0.25, -0.2) is 4.79 Å². The van der Waals surface area contributed by atoms with Crippen LogP contribution in [0.3, 0.4) is 0 Å². The predicted molar refractivity (Wildman–Crippen MR) is 104 cm³/mol. The molecule has 1 spiro atoms. The van der Waals surface area contributed by atoms with E-state index in [1.54, 1.807) is 11.3 Å². The molecule has 1 aliphatic carbocycles. The van der Waals surface area contributed by atoms with Crippen molar-refractivity contribution in [2.24, 2.45) is 0 Å². The first-order valence-electron chi connectivity index (χ1n) is 9.52. The van der Waals surface area contributed by atoms with Crippen LogP contribution in [0.5, 0.6) is 0 Å². The van der Waals surface area contributed by atoms with Gasteiger partial charge in [-0.1, -0.05) is 19.3 Å². The number of carbonyl (C=O) groups is 3. The Balaban J connectivity index is 1.50. The van der Waals surface area contributed by atoms with Gasteiger partial charge in [-0.2, -0.15) is 11.3 Å². The van der Waals surface area contributed by atoms with Crippen LogP contribution in [-0.4, -0.2) is 60.4 Å². The van der Waals surface area contributed by atoms with Crippen LogP contribution in [0.1, 0.15) is 50.1 Å². The van der Waals surface area contributed by atoms with Crippen molar-refractivity contribution >= 4 is 29.2 Å². The normalized spacial score (nSPS) is 20.2. The Morgan fingerprint density at radius 1 is 1.33 bits per heavy atom. The summed E-state index contributed by atoms with van der Waals surface area (Å²) < 4.78 is 0. The summed E-state index contributed by atoms with van der Waals surface area (Å²) in [6.45, 7) is 0.621. The fourth-order valence-corrected chi connectivity index (χ4v) is 4.66. The molecule has 27 heavy (non-hydrogen) atoms. The maximum atomic E-state index is 12.7. The van der Waals surface area contributed by atoms with Crippen LogP contribution in [0.2, 0.25) is 0 Å². The number of hydrogen-bond acceptors (Lipinski definition) is 5. The van der Waals surface area contributed by atoms with Crippen LogP contribution < -0.4 is 10.6 Å². The second-order valence-electron chi connectivity index (χ2n) is 7.62. The van der Waals surface area contributed by atoms with Gasteiger partial charge in [0, 0.05) is 19.5 Å². The molecule has 1 aromatic heterocycles. The minimum atomic E-state index is -0.721. The lowest BCUT2D eigenvalue weighted by Gasteiger charge is -2.30. The zero-order valence-corrected chi connectivity index (χ0v) is 16.8. The number of thiophene rings is 1. The molecule has 1 unspecified atom stereocenters. The molecule has 0 aromatic carbocycles. The highest BCUT2D eigenvalue weighted by Crippen LogP contribution is 2.33. The summed E-state index contributed by atoms with van der Waals surface area (Å²) in [4.78, 5) is 40.5. The van der Waals surface area contributed by atoms with Crippen molar-refractivity contribution in [2.75, 3.05) is 27.2 Å². The Bertz CT molecular complexity index is 683. The summed E-state index contributed by atoms with van der Waals surface area (Å²) in [5.74, 6) is -0.313. The SMILES string of the molecule is CN(C)C(CNC(=O)CCN1C(=O)NC2(CCCCC2)C1=O)c1ccsc1. The van der Waals surface area contributed by atoms with Crippen LogP contribution in [0.15, 0.2) is 16.8 Å². The van der Waals surface area contributed by atoms with Crippen molar-refractivity contribution in [3.8, 4) is 0 Å². The molecule has 8 heteroatoms. The highest BCUT2D eigenvalue weighted by atomic mass is 32.1. The molecule has 0 radical (unpaired) electrons. The van der Waals surface area contributed by atoms with Crippen molar-refractivity contribution in [3.05, 3.63) is 22.4 Å². The predicted octanol–water partition coefficient (Wildman–Crippen LogP) is 2.11. The molecule has 1 aliphatic heterocycles. The van der Waals surface area contributed by atoms with Gasteiger partial charge in [-0.05, 0) is 49.3 Å². The number of likely N-dealkylation sites (N-methyl/N-ethyl adjacent to an activating group) is 1. The Hall–Kier alpha value is -1.93. The van der Waals surface area contributed by atoms with Gasteiger partial charge < -0.3 is 15.5 Å². The highest BCUT2D eigenvalue weighted by molar-refractivity contribution is 7.07. The van der Waals surface area contributed by atoms with Gasteiger partial charge in [0.1, 0.15) is 5.54 Å². The van der Waals surface area contributed by atoms with Crippen LogP contribution in [-0.2, 0) is 9.59 Å². The molecule has 2 heterocycles. The first-order chi connectivity index (χ1) is 12.9. The van der Waals surface area contributed by atoms with E-state index < -0.39 is 5.54 Å². The van der Waals surface area contributed by atoms with E-state index in [0.717, 1.165) is 19.3 Å². The Kier molecular flexibility index (Phi) is 6.16. The molecule has 3 rings (SSSR count). The van der Waals surface area contributed by atoms with Gasteiger partial charge in [0.15, 0.2) is 0 Å². The molecule has 0 bridgehead atoms. The quantitative estimate of drug-likeness (QED) is 0.697. The number of urea groups is 1. The highest BCUT2D eigenvalue weighted by Gasteiger charge is 2.51. The molecule has 4 amide bonds. The fraction of sp³-hybridized carbons (Fsp3) is 0.632. The molecule has 2 aliphatic rings. The summed E-state index contributed by atoms with van der Waals surface area (Å²) in [7, 11) is 3.96. The van der Waals surface area contributed by atoms with Crippen molar-refractivity contribution in [3.63, 3.8) is 0 Å². The van der Waals surface area contributed by atoms with E-state index in [0.29, 0.717) is 19.4 Å². The number of amides is 4. The Morgan fingerprint density at radius 3 is 2.70 bits per heavy atom. The smallest absolute Gasteiger partial charge is 0.325 e. The fourth-order valence-electron chi connectivity index (χ4n) is 3.95. The molecule has 148 valence electrons. The molecule has 1 aromatic rings. The minimum Gasteiger partial charge on any atom is -0.354 e. The van der Waals surface area contributed by atoms with E-state index in [4.69, 9.17) is 0 Å². The Labute approximate surface area is 164 Å². The largest absolute Gasteiger partial charge is 0.354 e. The topological polar surface area (TPSA) is 81.8 Å². The average Bonchev–Trinajstić information content (AvgIpc) is 3.23. The van der Waals surface area contributed by atoms with Gasteiger partial charge in [0.05, 0.1) is 6.04 Å². The number of hydrogen-bond donors (Lipinski definition) is 2. The number of carbonyl (C=O) groups excluding carboxylic acids is 3. The monoisotopic (exact) mass is 392 g/mol.